The van der Waals surface area contributed by atoms with Crippen LogP contribution in [0, 0.1) is 0 Å². The molecular formula is C17H12ClF3N4O2. The zero-order chi connectivity index (χ0) is 19.5. The van der Waals surface area contributed by atoms with Gasteiger partial charge in [-0.3, -0.25) is 14.3 Å². The number of aromatic nitrogens is 4. The number of hydrogen-bond acceptors (Lipinski definition) is 4. The minimum Gasteiger partial charge on any atom is -0.311 e. The number of nitrogens with zero attached hydrogens (tertiary/aromatic N) is 4. The first kappa shape index (κ1) is 17.7. The molecule has 0 spiro atoms. The molecule has 1 aliphatic carbocycles. The minimum atomic E-state index is -4.72. The molecule has 3 aromatic rings. The number of hydrogen-bond donors (Lipinski definition) is 0. The molecule has 140 valence electrons. The Kier molecular flexibility index (Phi) is 3.88. The summed E-state index contributed by atoms with van der Waals surface area (Å²) in [6, 6.07) is 2.69. The summed E-state index contributed by atoms with van der Waals surface area (Å²) >= 11 is 5.65. The number of pyridine rings is 2. The first-order chi connectivity index (χ1) is 12.7. The molecule has 0 N–H and O–H groups in total. The van der Waals surface area contributed by atoms with Crippen LogP contribution in [0.3, 0.4) is 0 Å². The van der Waals surface area contributed by atoms with E-state index < -0.39 is 22.7 Å². The first-order valence-corrected chi connectivity index (χ1v) is 8.41. The number of alkyl halides is 3. The van der Waals surface area contributed by atoms with Crippen molar-refractivity contribution in [2.45, 2.75) is 25.1 Å². The van der Waals surface area contributed by atoms with Crippen molar-refractivity contribution in [3.8, 4) is 0 Å². The Morgan fingerprint density at radius 3 is 2.63 bits per heavy atom. The number of ketones is 1. The van der Waals surface area contributed by atoms with Crippen LogP contribution in [0.2, 0.25) is 5.02 Å². The number of carbonyl (C=O) groups is 1. The Morgan fingerprint density at radius 2 is 2.04 bits per heavy atom. The molecule has 4 rings (SSSR count). The van der Waals surface area contributed by atoms with Gasteiger partial charge in [0, 0.05) is 36.4 Å². The first-order valence-electron chi connectivity index (χ1n) is 8.03. The minimum absolute atomic E-state index is 0.0858. The molecule has 1 aliphatic rings. The number of halogens is 4. The lowest BCUT2D eigenvalue weighted by molar-refractivity contribution is -0.141. The Balaban J connectivity index is 1.81. The molecule has 0 aromatic carbocycles. The van der Waals surface area contributed by atoms with Crippen molar-refractivity contribution < 1.29 is 18.0 Å². The van der Waals surface area contributed by atoms with E-state index in [0.717, 1.165) is 25.1 Å². The summed E-state index contributed by atoms with van der Waals surface area (Å²) in [4.78, 5) is 28.7. The van der Waals surface area contributed by atoms with E-state index in [1.807, 2.05) is 0 Å². The molecule has 0 amide bonds. The molecule has 0 radical (unpaired) electrons. The summed E-state index contributed by atoms with van der Waals surface area (Å²) in [5, 5.41) is 3.80. The van der Waals surface area contributed by atoms with Crippen LogP contribution in [0.5, 0.6) is 0 Å². The highest BCUT2D eigenvalue weighted by molar-refractivity contribution is 6.32. The van der Waals surface area contributed by atoms with E-state index in [1.54, 1.807) is 16.8 Å². The van der Waals surface area contributed by atoms with E-state index in [0.29, 0.717) is 5.39 Å². The summed E-state index contributed by atoms with van der Waals surface area (Å²) in [5.41, 5.74) is -1.45. The average Bonchev–Trinajstić information content (AvgIpc) is 3.36. The van der Waals surface area contributed by atoms with Gasteiger partial charge in [-0.25, -0.2) is 4.98 Å². The van der Waals surface area contributed by atoms with E-state index in [1.165, 1.54) is 11.7 Å². The van der Waals surface area contributed by atoms with Crippen molar-refractivity contribution in [2.75, 3.05) is 0 Å². The third kappa shape index (κ3) is 2.91. The maximum Gasteiger partial charge on any atom is 0.434 e. The molecule has 3 heterocycles. The lowest BCUT2D eigenvalue weighted by Crippen LogP contribution is -2.18. The maximum absolute atomic E-state index is 12.8. The molecule has 0 aliphatic heterocycles. The highest BCUT2D eigenvalue weighted by Crippen LogP contribution is 2.35. The Bertz CT molecular complexity index is 1150. The fourth-order valence-corrected chi connectivity index (χ4v) is 3.29. The molecule has 6 nitrogen and oxygen atoms in total. The molecule has 0 saturated heterocycles. The van der Waals surface area contributed by atoms with Crippen LogP contribution in [0.1, 0.15) is 40.6 Å². The summed E-state index contributed by atoms with van der Waals surface area (Å²) in [5.74, 6) is -0.619. The zero-order valence-corrected chi connectivity index (χ0v) is 14.7. The van der Waals surface area contributed by atoms with Crippen LogP contribution in [0.25, 0.3) is 10.9 Å². The van der Waals surface area contributed by atoms with E-state index in [-0.39, 0.29) is 28.4 Å². The lowest BCUT2D eigenvalue weighted by Gasteiger charge is -2.09. The molecule has 0 atom stereocenters. The predicted molar refractivity (Wildman–Crippen MR) is 90.9 cm³/mol. The number of carbonyl (C=O) groups excluding carboxylic acids is 1. The van der Waals surface area contributed by atoms with Gasteiger partial charge >= 0.3 is 6.18 Å². The summed E-state index contributed by atoms with van der Waals surface area (Å²) in [6.45, 7) is 0. The van der Waals surface area contributed by atoms with Gasteiger partial charge in [-0.05, 0) is 25.0 Å². The van der Waals surface area contributed by atoms with Crippen LogP contribution >= 0.6 is 11.6 Å². The SMILES string of the molecule is Cn1nc2c(=O)n(C3CC3)ccc2c1C(=O)c1cnc(C(F)(F)F)c(Cl)c1. The lowest BCUT2D eigenvalue weighted by atomic mass is 10.1. The molecule has 27 heavy (non-hydrogen) atoms. The molecule has 10 heteroatoms. The summed E-state index contributed by atoms with van der Waals surface area (Å²) in [7, 11) is 1.49. The molecule has 1 saturated carbocycles. The molecule has 1 fully saturated rings. The van der Waals surface area contributed by atoms with Gasteiger partial charge in [0.25, 0.3) is 5.56 Å². The quantitative estimate of drug-likeness (QED) is 0.636. The Hall–Kier alpha value is -2.68. The highest BCUT2D eigenvalue weighted by atomic mass is 35.5. The van der Waals surface area contributed by atoms with Crippen molar-refractivity contribution in [2.24, 2.45) is 7.05 Å². The average molecular weight is 397 g/mol. The number of rotatable bonds is 3. The van der Waals surface area contributed by atoms with Crippen molar-refractivity contribution in [1.29, 1.82) is 0 Å². The molecular weight excluding hydrogens is 385 g/mol. The van der Waals surface area contributed by atoms with Crippen LogP contribution < -0.4 is 5.56 Å². The van der Waals surface area contributed by atoms with E-state index in [2.05, 4.69) is 10.1 Å². The molecule has 0 bridgehead atoms. The fraction of sp³-hybridized carbons (Fsp3) is 0.294. The van der Waals surface area contributed by atoms with Crippen LogP contribution in [-0.2, 0) is 13.2 Å². The van der Waals surface area contributed by atoms with Crippen LogP contribution in [-0.4, -0.2) is 25.1 Å². The normalized spacial score (nSPS) is 14.7. The van der Waals surface area contributed by atoms with Gasteiger partial charge in [-0.15, -0.1) is 0 Å². The van der Waals surface area contributed by atoms with Crippen molar-refractivity contribution in [1.82, 2.24) is 19.3 Å². The predicted octanol–water partition coefficient (Wildman–Crippen LogP) is 3.37. The number of aryl methyl sites for hydroxylation is 1. The van der Waals surface area contributed by atoms with Crippen LogP contribution in [0.4, 0.5) is 13.2 Å². The van der Waals surface area contributed by atoms with Crippen molar-refractivity contribution in [3.05, 3.63) is 56.9 Å². The van der Waals surface area contributed by atoms with Gasteiger partial charge in [-0.2, -0.15) is 18.3 Å². The number of fused-ring (bicyclic) bond motifs is 1. The van der Waals surface area contributed by atoms with E-state index in [9.17, 15) is 22.8 Å². The van der Waals surface area contributed by atoms with Gasteiger partial charge in [0.1, 0.15) is 5.69 Å². The van der Waals surface area contributed by atoms with Crippen molar-refractivity contribution >= 4 is 28.3 Å². The standard InChI is InChI=1S/C17H12ClF3N4O2/c1-24-13(10-4-5-25(9-2-3-9)16(27)12(10)23-24)14(26)8-6-11(18)15(22-7-8)17(19,20)21/h4-7,9H,2-3H2,1H3. The second kappa shape index (κ2) is 5.91. The third-order valence-corrected chi connectivity index (χ3v) is 4.74. The molecule has 3 aromatic heterocycles. The third-order valence-electron chi connectivity index (χ3n) is 4.45. The van der Waals surface area contributed by atoms with Gasteiger partial charge in [0.05, 0.1) is 5.02 Å². The Morgan fingerprint density at radius 1 is 1.33 bits per heavy atom. The second-order valence-electron chi connectivity index (χ2n) is 6.38. The Labute approximate surface area is 155 Å². The van der Waals surface area contributed by atoms with E-state index in [4.69, 9.17) is 11.6 Å². The highest BCUT2D eigenvalue weighted by Gasteiger charge is 2.36. The second-order valence-corrected chi connectivity index (χ2v) is 6.78. The van der Waals surface area contributed by atoms with Gasteiger partial charge in [0.2, 0.25) is 5.78 Å². The topological polar surface area (TPSA) is 69.8 Å². The maximum atomic E-state index is 12.8. The van der Waals surface area contributed by atoms with Gasteiger partial charge in [-0.1, -0.05) is 11.6 Å². The zero-order valence-electron chi connectivity index (χ0n) is 13.9. The van der Waals surface area contributed by atoms with Crippen molar-refractivity contribution in [3.63, 3.8) is 0 Å². The molecule has 0 unspecified atom stereocenters. The van der Waals surface area contributed by atoms with Crippen LogP contribution in [0.15, 0.2) is 29.3 Å². The largest absolute Gasteiger partial charge is 0.434 e. The van der Waals surface area contributed by atoms with E-state index >= 15 is 0 Å². The monoisotopic (exact) mass is 396 g/mol. The fourth-order valence-electron chi connectivity index (χ4n) is 3.02. The smallest absolute Gasteiger partial charge is 0.311 e. The summed E-state index contributed by atoms with van der Waals surface area (Å²) < 4.78 is 41.2. The van der Waals surface area contributed by atoms with Gasteiger partial charge in [0.15, 0.2) is 11.2 Å². The summed E-state index contributed by atoms with van der Waals surface area (Å²) in [6.07, 6.45) is -0.453. The van der Waals surface area contributed by atoms with Gasteiger partial charge < -0.3 is 4.57 Å².